The van der Waals surface area contributed by atoms with Gasteiger partial charge < -0.3 is 15.7 Å². The highest BCUT2D eigenvalue weighted by Gasteiger charge is 2.29. The molecule has 0 fully saturated rings. The Kier molecular flexibility index (Phi) is 10.2. The van der Waals surface area contributed by atoms with Crippen molar-refractivity contribution in [3.8, 4) is 0 Å². The fourth-order valence-electron chi connectivity index (χ4n) is 3.32. The molecule has 0 spiro atoms. The summed E-state index contributed by atoms with van der Waals surface area (Å²) in [4.78, 5) is 38.2. The van der Waals surface area contributed by atoms with Gasteiger partial charge in [0.1, 0.15) is 0 Å². The number of carbonyl (C=O) groups excluding carboxylic acids is 2. The number of hydrogen-bond acceptors (Lipinski definition) is 6. The molecule has 3 aromatic carbocycles. The number of anilines is 2. The van der Waals surface area contributed by atoms with Gasteiger partial charge in [0.15, 0.2) is 0 Å². The third kappa shape index (κ3) is 7.37. The van der Waals surface area contributed by atoms with Crippen LogP contribution in [0.3, 0.4) is 0 Å². The van der Waals surface area contributed by atoms with Gasteiger partial charge in [-0.3, -0.25) is 9.59 Å². The predicted octanol–water partition coefficient (Wildman–Crippen LogP) is 6.41. The van der Waals surface area contributed by atoms with Crippen LogP contribution in [-0.2, 0) is 14.8 Å². The molecule has 0 aliphatic carbocycles. The average Bonchev–Trinajstić information content (AvgIpc) is 2.87. The largest absolute Gasteiger partial charge is 0.478 e. The van der Waals surface area contributed by atoms with Crippen LogP contribution >= 0.6 is 58.2 Å². The van der Waals surface area contributed by atoms with E-state index in [0.717, 1.165) is 0 Å². The van der Waals surface area contributed by atoms with Gasteiger partial charge >= 0.3 is 5.97 Å². The molecule has 0 radical (unpaired) electrons. The van der Waals surface area contributed by atoms with Crippen LogP contribution in [0, 0.1) is 0 Å². The van der Waals surface area contributed by atoms with Crippen LogP contribution in [0.1, 0.15) is 34.1 Å². The highest BCUT2D eigenvalue weighted by molar-refractivity contribution is 8.00. The smallest absolute Gasteiger partial charge is 0.338 e. The van der Waals surface area contributed by atoms with E-state index >= 15 is 0 Å². The average molecular weight is 651 g/mol. The number of sulfonamides is 1. The third-order valence-corrected chi connectivity index (χ3v) is 9.28. The summed E-state index contributed by atoms with van der Waals surface area (Å²) >= 11 is 25.4. The molecule has 0 saturated carbocycles. The van der Waals surface area contributed by atoms with E-state index in [4.69, 9.17) is 51.5 Å². The number of hydrogen-bond donors (Lipinski definition) is 4. The maximum absolute atomic E-state index is 13.0. The van der Waals surface area contributed by atoms with Crippen LogP contribution in [0.4, 0.5) is 11.4 Å². The third-order valence-electron chi connectivity index (χ3n) is 5.19. The van der Waals surface area contributed by atoms with Gasteiger partial charge in [-0.1, -0.05) is 59.4 Å². The zero-order valence-corrected chi connectivity index (χ0v) is 24.5. The number of nitrogens with one attached hydrogen (secondary N) is 2. The second kappa shape index (κ2) is 12.8. The number of rotatable bonds is 9. The Morgan fingerprint density at radius 3 is 2.03 bits per heavy atom. The normalized spacial score (nSPS) is 12.1. The first-order valence-electron chi connectivity index (χ1n) is 10.9. The van der Waals surface area contributed by atoms with E-state index in [1.807, 2.05) is 6.92 Å². The molecule has 2 amide bonds. The maximum Gasteiger partial charge on any atom is 0.338 e. The lowest BCUT2D eigenvalue weighted by molar-refractivity contribution is -0.115. The first-order valence-corrected chi connectivity index (χ1v) is 14.8. The lowest BCUT2D eigenvalue weighted by atomic mass is 10.1. The van der Waals surface area contributed by atoms with Crippen molar-refractivity contribution in [1.29, 1.82) is 0 Å². The Morgan fingerprint density at radius 1 is 0.897 bits per heavy atom. The first kappa shape index (κ1) is 31.0. The molecule has 3 aromatic rings. The van der Waals surface area contributed by atoms with Crippen molar-refractivity contribution in [1.82, 2.24) is 0 Å². The molecule has 5 N–H and O–H groups in total. The minimum Gasteiger partial charge on any atom is -0.478 e. The van der Waals surface area contributed by atoms with Gasteiger partial charge in [0.2, 0.25) is 15.9 Å². The molecule has 0 aromatic heterocycles. The van der Waals surface area contributed by atoms with Gasteiger partial charge in [-0.05, 0) is 48.9 Å². The molecule has 0 saturated heterocycles. The number of carbonyl (C=O) groups is 3. The van der Waals surface area contributed by atoms with Gasteiger partial charge in [0.05, 0.1) is 41.4 Å². The Labute approximate surface area is 248 Å². The summed E-state index contributed by atoms with van der Waals surface area (Å²) in [7, 11) is -3.86. The van der Waals surface area contributed by atoms with Gasteiger partial charge in [-0.25, -0.2) is 18.4 Å². The standard InChI is InChI=1S/C24H19Cl4N3O6S2/c1-2-15(22(32)30-11-6-8-14(9-7-11)39(29,36)37)38-13-5-3-4-12(10-13)31-23(33)16-17(24(34)35)19(26)21(28)20(27)18(16)25/h3-10,15H,2H2,1H3,(H,30,32)(H,31,33)(H,34,35)(H2,29,36,37). The predicted molar refractivity (Wildman–Crippen MR) is 154 cm³/mol. The molecule has 15 heteroatoms. The van der Waals surface area contributed by atoms with E-state index < -0.39 is 43.3 Å². The number of thioether (sulfide) groups is 1. The summed E-state index contributed by atoms with van der Waals surface area (Å²) in [6, 6.07) is 11.9. The van der Waals surface area contributed by atoms with Gasteiger partial charge in [-0.2, -0.15) is 0 Å². The minimum absolute atomic E-state index is 0.0827. The topological polar surface area (TPSA) is 156 Å². The van der Waals surface area contributed by atoms with Crippen molar-refractivity contribution < 1.29 is 27.9 Å². The van der Waals surface area contributed by atoms with Crippen molar-refractivity contribution in [3.05, 3.63) is 79.7 Å². The summed E-state index contributed by atoms with van der Waals surface area (Å²) in [5.74, 6) is -2.73. The number of halogens is 4. The van der Waals surface area contributed by atoms with Crippen LogP contribution in [-0.4, -0.2) is 36.6 Å². The summed E-state index contributed by atoms with van der Waals surface area (Å²) < 4.78 is 22.8. The lowest BCUT2D eigenvalue weighted by Gasteiger charge is -2.16. The number of carboxylic acids is 1. The summed E-state index contributed by atoms with van der Waals surface area (Å²) in [5, 5.41) is 18.1. The van der Waals surface area contributed by atoms with Crippen molar-refractivity contribution in [3.63, 3.8) is 0 Å². The highest BCUT2D eigenvalue weighted by Crippen LogP contribution is 2.42. The molecule has 39 heavy (non-hydrogen) atoms. The lowest BCUT2D eigenvalue weighted by Crippen LogP contribution is -2.24. The van der Waals surface area contributed by atoms with Crippen LogP contribution in [0.25, 0.3) is 0 Å². The fraction of sp³-hybridized carbons (Fsp3) is 0.125. The Bertz CT molecular complexity index is 1570. The Hall–Kier alpha value is -2.51. The van der Waals surface area contributed by atoms with Crippen LogP contribution in [0.5, 0.6) is 0 Å². The SMILES string of the molecule is CCC(Sc1cccc(NC(=O)c2c(Cl)c(Cl)c(Cl)c(Cl)c2C(=O)O)c1)C(=O)Nc1ccc(S(N)(=O)=O)cc1. The molecule has 9 nitrogen and oxygen atoms in total. The summed E-state index contributed by atoms with van der Waals surface area (Å²) in [6.07, 6.45) is 0.446. The van der Waals surface area contributed by atoms with Crippen molar-refractivity contribution >= 4 is 97.3 Å². The fourth-order valence-corrected chi connectivity index (χ4v) is 5.87. The molecule has 0 bridgehead atoms. The highest BCUT2D eigenvalue weighted by atomic mass is 35.5. The number of carboxylic acid groups (broad SMARTS) is 1. The van der Waals surface area contributed by atoms with E-state index in [-0.39, 0.29) is 31.6 Å². The zero-order valence-electron chi connectivity index (χ0n) is 19.8. The monoisotopic (exact) mass is 649 g/mol. The number of amides is 2. The van der Waals surface area contributed by atoms with E-state index in [0.29, 0.717) is 17.0 Å². The molecular formula is C24H19Cl4N3O6S2. The van der Waals surface area contributed by atoms with E-state index in [2.05, 4.69) is 10.6 Å². The van der Waals surface area contributed by atoms with Crippen molar-refractivity contribution in [2.24, 2.45) is 5.14 Å². The number of benzene rings is 3. The molecule has 1 unspecified atom stereocenters. The molecule has 3 rings (SSSR count). The molecular weight excluding hydrogens is 632 g/mol. The van der Waals surface area contributed by atoms with Gasteiger partial charge in [-0.15, -0.1) is 11.8 Å². The summed E-state index contributed by atoms with van der Waals surface area (Å²) in [5.41, 5.74) is -0.382. The van der Waals surface area contributed by atoms with E-state index in [1.54, 1.807) is 24.3 Å². The number of nitrogens with two attached hydrogens (primary N) is 1. The Morgan fingerprint density at radius 2 is 1.49 bits per heavy atom. The van der Waals surface area contributed by atoms with Crippen molar-refractivity contribution in [2.45, 2.75) is 28.4 Å². The van der Waals surface area contributed by atoms with E-state index in [9.17, 15) is 27.9 Å². The van der Waals surface area contributed by atoms with Crippen LogP contribution in [0.15, 0.2) is 58.3 Å². The number of aromatic carboxylic acids is 1. The van der Waals surface area contributed by atoms with Crippen LogP contribution in [0.2, 0.25) is 20.1 Å². The van der Waals surface area contributed by atoms with Crippen LogP contribution < -0.4 is 15.8 Å². The zero-order chi connectivity index (χ0) is 29.1. The maximum atomic E-state index is 13.0. The second-order valence-electron chi connectivity index (χ2n) is 7.87. The van der Waals surface area contributed by atoms with Gasteiger partial charge in [0, 0.05) is 16.3 Å². The van der Waals surface area contributed by atoms with Crippen molar-refractivity contribution in [2.75, 3.05) is 10.6 Å². The first-order chi connectivity index (χ1) is 18.2. The molecule has 0 aliphatic heterocycles. The molecule has 1 atom stereocenters. The second-order valence-corrected chi connectivity index (χ2v) is 12.2. The Balaban J connectivity index is 1.78. The molecule has 206 valence electrons. The quantitative estimate of drug-likeness (QED) is 0.118. The minimum atomic E-state index is -3.86. The number of primary sulfonamides is 1. The summed E-state index contributed by atoms with van der Waals surface area (Å²) in [6.45, 7) is 1.82. The van der Waals surface area contributed by atoms with Gasteiger partial charge in [0.25, 0.3) is 5.91 Å². The van der Waals surface area contributed by atoms with E-state index in [1.165, 1.54) is 36.0 Å². The molecule has 0 heterocycles. The molecule has 0 aliphatic rings.